The Hall–Kier alpha value is -5.24. The predicted molar refractivity (Wildman–Crippen MR) is 390 cm³/mol. The van der Waals surface area contributed by atoms with Crippen molar-refractivity contribution in [2.24, 2.45) is 11.8 Å². The standard InChI is InChI=1S/C53H72N17O27P5S5/c1-22(2)25-8-36(66-7-6-35(54)59-51(66)75)89-30(25)15-85-99(79,104)94-26-9-37(67-13-23(3)45(71)64-52(67)76)90-32(26)17-87-102(82,107)97-29-12-40(70-21-58-42-44(70)61-50(56)63-48(42)74)93-34(29)19-88-100(80,105)95-27-10-38(68-14-24(4)46(72)65-53(68)77)91-33(27)18-86-101(81,106)96-28-11-39(92-31(28)16-84-98(78,103)83-5)69-20-57-41-43(69)60-49(55)62-47(41)73/h6-7,13-14,20-22,25-34,36-40H,8-12,15-19H2,1-5H3,(H,78,103)(H,79,104)(H,80,105)(H,81,106)(H,82,107)(H2,54,59,75)(H,64,71,76)(H,65,72,77)(H3,55,60,62,73)(H3,56,61,63,74)/t25-,26+,27+,28+,29+,30?,31?,32?,33?,34?,36+,37+,38+,39+,40+,98?,99?,100?,101?,102?/m0/s1. The maximum Gasteiger partial charge on any atom is 0.386 e. The van der Waals surface area contributed by atoms with Crippen LogP contribution in [0.4, 0.5) is 17.7 Å². The van der Waals surface area contributed by atoms with Crippen LogP contribution in [0, 0.1) is 25.7 Å². The molecule has 0 spiro atoms. The summed E-state index contributed by atoms with van der Waals surface area (Å²) >= 11 is 26.0. The number of fused-ring (bicyclic) bond motifs is 2. The highest BCUT2D eigenvalue weighted by molar-refractivity contribution is 8.44. The predicted octanol–water partition coefficient (Wildman–Crippen LogP) is 0.859. The molecule has 0 saturated carbocycles. The third kappa shape index (κ3) is 19.1. The maximum absolute atomic E-state index is 14.4. The molecule has 20 atom stereocenters. The summed E-state index contributed by atoms with van der Waals surface area (Å²) in [7, 11) is 1.12. The number of rotatable bonds is 30. The minimum absolute atomic E-state index is 0.00620. The molecule has 0 bridgehead atoms. The lowest BCUT2D eigenvalue weighted by molar-refractivity contribution is -0.0555. The summed E-state index contributed by atoms with van der Waals surface area (Å²) in [6, 6.07) is 1.45. The SMILES string of the molecule is COP(O)(=S)OCC1O[C@@H](n2cnc3c(=O)[nH]c(N)nc32)C[C@H]1OP(=O)(S)OCC1O[C@@H](n2cc(C)c(=O)[nH]c2=O)C[C@H]1OP(O)(=S)OCC1O[C@@H](n2cnc3c(=O)[nH]c(N)nc32)C[C@H]1OP(O)(=S)OCC1O[C@@H](n2cc(C)c(=O)[nH]c2=O)C[C@H]1OP(O)(=S)OCC1O[C@@H](n2ccc(N)nc2=O)C[C@H]1C(C)C. The Morgan fingerprint density at radius 3 is 1.29 bits per heavy atom. The topological polar surface area (TPSA) is 586 Å². The number of hydrogen-bond donors (Lipinski definition) is 12. The van der Waals surface area contributed by atoms with E-state index >= 15 is 0 Å². The molecule has 107 heavy (non-hydrogen) atoms. The number of aromatic nitrogens is 14. The number of nitrogen functional groups attached to an aromatic ring is 3. The van der Waals surface area contributed by atoms with E-state index in [0.29, 0.717) is 6.42 Å². The van der Waals surface area contributed by atoms with Gasteiger partial charge in [-0.3, -0.25) is 71.0 Å². The zero-order valence-electron chi connectivity index (χ0n) is 56.5. The Morgan fingerprint density at radius 2 is 0.888 bits per heavy atom. The molecule has 5 aliphatic rings. The van der Waals surface area contributed by atoms with Crippen molar-refractivity contribution < 1.29 is 93.1 Å². The van der Waals surface area contributed by atoms with Gasteiger partial charge >= 0.3 is 50.7 Å². The summed E-state index contributed by atoms with van der Waals surface area (Å²) < 4.78 is 110. The highest BCUT2D eigenvalue weighted by Gasteiger charge is 2.49. The number of hydrogen-bond acceptors (Lipinski definition) is 35. The molecule has 586 valence electrons. The van der Waals surface area contributed by atoms with E-state index in [9.17, 15) is 57.7 Å². The number of aryl methyl sites for hydroxylation is 2. The number of thiol groups is 1. The van der Waals surface area contributed by atoms with Gasteiger partial charge in [0.2, 0.25) is 11.9 Å². The summed E-state index contributed by atoms with van der Waals surface area (Å²) in [5.41, 5.74) is 12.2. The molecule has 0 amide bonds. The number of anilines is 3. The van der Waals surface area contributed by atoms with Crippen LogP contribution in [-0.2, 0) is 121 Å². The van der Waals surface area contributed by atoms with Gasteiger partial charge in [-0.1, -0.05) is 26.1 Å². The van der Waals surface area contributed by atoms with Crippen LogP contribution >= 0.6 is 45.9 Å². The van der Waals surface area contributed by atoms with Gasteiger partial charge in [0.05, 0.1) is 70.1 Å². The minimum atomic E-state index is -4.65. The van der Waals surface area contributed by atoms with Crippen LogP contribution in [0.15, 0.2) is 70.9 Å². The van der Waals surface area contributed by atoms with Crippen LogP contribution in [0.5, 0.6) is 0 Å². The summed E-state index contributed by atoms with van der Waals surface area (Å²) in [6.07, 6.45) is -11.4. The number of ether oxygens (including phenoxy) is 5. The second kappa shape index (κ2) is 32.5. The zero-order chi connectivity index (χ0) is 77.1. The first kappa shape index (κ1) is 81.3. The molecule has 5 aliphatic heterocycles. The van der Waals surface area contributed by atoms with E-state index in [1.165, 1.54) is 64.9 Å². The van der Waals surface area contributed by atoms with Crippen molar-refractivity contribution in [3.8, 4) is 0 Å². The van der Waals surface area contributed by atoms with Crippen LogP contribution in [0.1, 0.15) is 88.2 Å². The normalized spacial score (nSPS) is 29.0. The Labute approximate surface area is 626 Å². The number of H-pyrrole nitrogens is 4. The maximum atomic E-state index is 14.4. The van der Waals surface area contributed by atoms with Gasteiger partial charge in [0.1, 0.15) is 67.5 Å². The third-order valence-electron chi connectivity index (χ3n) is 17.8. The molecule has 5 saturated heterocycles. The van der Waals surface area contributed by atoms with Crippen molar-refractivity contribution in [3.63, 3.8) is 0 Å². The second-order valence-corrected chi connectivity index (χ2v) is 39.6. The number of nitrogens with one attached hydrogen (secondary N) is 4. The van der Waals surface area contributed by atoms with Gasteiger partial charge in [0.15, 0.2) is 22.3 Å². The van der Waals surface area contributed by atoms with Gasteiger partial charge in [0, 0.05) is 62.5 Å². The van der Waals surface area contributed by atoms with E-state index in [2.05, 4.69) is 57.1 Å². The third-order valence-corrected chi connectivity index (χ3v) is 25.9. The Kier molecular flexibility index (Phi) is 24.7. The lowest BCUT2D eigenvalue weighted by atomic mass is 9.89. The first-order valence-electron chi connectivity index (χ1n) is 32.2. The van der Waals surface area contributed by atoms with Crippen LogP contribution in [0.25, 0.3) is 22.3 Å². The lowest BCUT2D eigenvalue weighted by Gasteiger charge is -2.28. The van der Waals surface area contributed by atoms with Crippen molar-refractivity contribution in [2.45, 2.75) is 146 Å². The zero-order valence-corrected chi connectivity index (χ0v) is 65.1. The molecule has 0 aromatic carbocycles. The molecule has 5 fully saturated rings. The molecule has 10 unspecified atom stereocenters. The lowest BCUT2D eigenvalue weighted by Crippen LogP contribution is -2.33. The van der Waals surface area contributed by atoms with E-state index in [4.69, 9.17) is 133 Å². The summed E-state index contributed by atoms with van der Waals surface area (Å²) in [5.74, 6) is -0.756. The number of aromatic amines is 4. The number of imidazole rings is 2. The Bertz CT molecular complexity index is 5220. The summed E-state index contributed by atoms with van der Waals surface area (Å²) in [4.78, 5) is 166. The van der Waals surface area contributed by atoms with Crippen molar-refractivity contribution in [2.75, 3.05) is 57.3 Å². The Morgan fingerprint density at radius 1 is 0.523 bits per heavy atom. The van der Waals surface area contributed by atoms with Gasteiger partial charge in [0.25, 0.3) is 22.2 Å². The number of nitrogens with zero attached hydrogens (tertiary/aromatic N) is 10. The first-order chi connectivity index (χ1) is 50.3. The van der Waals surface area contributed by atoms with Crippen molar-refractivity contribution in [1.29, 1.82) is 0 Å². The smallest absolute Gasteiger partial charge is 0.383 e. The van der Waals surface area contributed by atoms with E-state index in [1.54, 1.807) is 0 Å². The molecule has 12 rings (SSSR count). The van der Waals surface area contributed by atoms with E-state index in [1.807, 2.05) is 13.8 Å². The van der Waals surface area contributed by atoms with Crippen LogP contribution in [0.2, 0.25) is 0 Å². The van der Waals surface area contributed by atoms with Gasteiger partial charge in [-0.25, -0.2) is 28.9 Å². The molecule has 0 aliphatic carbocycles. The molecule has 7 aromatic heterocycles. The van der Waals surface area contributed by atoms with Crippen LogP contribution in [-0.4, -0.2) is 182 Å². The van der Waals surface area contributed by atoms with Gasteiger partial charge in [-0.2, -0.15) is 15.0 Å². The fourth-order valence-electron chi connectivity index (χ4n) is 12.6. The van der Waals surface area contributed by atoms with Gasteiger partial charge < -0.3 is 96.6 Å². The van der Waals surface area contributed by atoms with E-state index in [0.717, 1.165) is 16.2 Å². The molecule has 12 heterocycles. The largest absolute Gasteiger partial charge is 0.386 e. The van der Waals surface area contributed by atoms with Crippen molar-refractivity contribution in [1.82, 2.24) is 67.7 Å². The van der Waals surface area contributed by atoms with E-state index < -0.39 is 185 Å². The highest BCUT2D eigenvalue weighted by Crippen LogP contribution is 2.59. The van der Waals surface area contributed by atoms with Gasteiger partial charge in [-0.15, -0.1) is 0 Å². The molecular formula is C53H72N17O27P5S5. The molecule has 7 aromatic rings. The fraction of sp³-hybridized carbons (Fsp3) is 0.585. The monoisotopic (exact) mass is 1690 g/mol. The van der Waals surface area contributed by atoms with E-state index in [-0.39, 0.29) is 95.3 Å². The average molecular weight is 1690 g/mol. The average Bonchev–Trinajstić information content (AvgIpc) is 1.64. The fourth-order valence-corrected chi connectivity index (χ4v) is 19.1. The summed E-state index contributed by atoms with van der Waals surface area (Å²) in [5, 5.41) is 0. The molecule has 44 nitrogen and oxygen atoms in total. The summed E-state index contributed by atoms with van der Waals surface area (Å²) in [6.45, 7) is -18.3. The van der Waals surface area contributed by atoms with Crippen molar-refractivity contribution >= 4 is 133 Å². The van der Waals surface area contributed by atoms with Crippen LogP contribution in [0.3, 0.4) is 0 Å². The van der Waals surface area contributed by atoms with Crippen molar-refractivity contribution in [3.05, 3.63) is 121 Å². The molecule has 54 heteroatoms. The Balaban J connectivity index is 0.756. The van der Waals surface area contributed by atoms with Crippen LogP contribution < -0.4 is 56.5 Å². The minimum Gasteiger partial charge on any atom is -0.383 e. The first-order valence-corrected chi connectivity index (χ1v) is 45.2. The highest BCUT2D eigenvalue weighted by atomic mass is 32.7. The molecule has 14 N–H and O–H groups in total. The molecular weight excluding hydrogens is 1620 g/mol. The number of nitrogens with two attached hydrogens (primary N) is 3. The quantitative estimate of drug-likeness (QED) is 0.0219. The second-order valence-electron chi connectivity index (χ2n) is 25.4. The molecule has 0 radical (unpaired) electrons. The van der Waals surface area contributed by atoms with Gasteiger partial charge in [-0.05, 0) is 85.4 Å².